The number of nitrogens with one attached hydrogen (secondary N) is 1. The number of rotatable bonds is 7. The predicted octanol–water partition coefficient (Wildman–Crippen LogP) is -0.0618. The molecule has 6 nitrogen and oxygen atoms in total. The third-order valence-corrected chi connectivity index (χ3v) is 2.77. The number of carboxylic acids is 1. The highest BCUT2D eigenvalue weighted by atomic mass is 32.1. The summed E-state index contributed by atoms with van der Waals surface area (Å²) >= 11 is 1.09. The summed E-state index contributed by atoms with van der Waals surface area (Å²) < 4.78 is 4.89. The van der Waals surface area contributed by atoms with E-state index in [0.29, 0.717) is 18.8 Å². The average Bonchev–Trinajstić information content (AvgIpc) is 2.73. The maximum atomic E-state index is 10.6. The number of carbonyl (C=O) groups is 1. The van der Waals surface area contributed by atoms with Gasteiger partial charge in [-0.15, -0.1) is 11.3 Å². The average molecular weight is 246 g/mol. The molecule has 0 spiro atoms. The highest BCUT2D eigenvalue weighted by Crippen LogP contribution is 2.09. The minimum atomic E-state index is -1.02. The van der Waals surface area contributed by atoms with E-state index in [9.17, 15) is 4.79 Å². The molecular weight excluding hydrogens is 232 g/mol. The van der Waals surface area contributed by atoms with Crippen molar-refractivity contribution in [2.75, 3.05) is 20.3 Å². The minimum Gasteiger partial charge on any atom is -0.476 e. The van der Waals surface area contributed by atoms with Crippen LogP contribution in [0.5, 0.6) is 0 Å². The molecule has 0 fully saturated rings. The summed E-state index contributed by atoms with van der Waals surface area (Å²) in [5, 5.41) is 22.4. The molecule has 0 aliphatic heterocycles. The number of aliphatic hydroxyl groups is 1. The summed E-state index contributed by atoms with van der Waals surface area (Å²) in [6.45, 7) is 0.772. The molecule has 0 amide bonds. The molecule has 1 rings (SSSR count). The zero-order valence-electron chi connectivity index (χ0n) is 8.84. The number of ether oxygens (including phenoxy) is 1. The van der Waals surface area contributed by atoms with Crippen molar-refractivity contribution in [2.24, 2.45) is 0 Å². The number of hydrogen-bond acceptors (Lipinski definition) is 6. The lowest BCUT2D eigenvalue weighted by molar-refractivity contribution is 0.0696. The Labute approximate surface area is 96.9 Å². The second-order valence-electron chi connectivity index (χ2n) is 3.16. The molecule has 1 aromatic heterocycles. The first-order valence-corrected chi connectivity index (χ1v) is 5.56. The van der Waals surface area contributed by atoms with Crippen molar-refractivity contribution in [1.29, 1.82) is 0 Å². The summed E-state index contributed by atoms with van der Waals surface area (Å²) in [5.74, 6) is -1.02. The fraction of sp³-hybridized carbons (Fsp3) is 0.556. The first-order chi connectivity index (χ1) is 7.67. The molecule has 1 aromatic rings. The van der Waals surface area contributed by atoms with E-state index in [1.165, 1.54) is 0 Å². The van der Waals surface area contributed by atoms with Crippen LogP contribution in [-0.4, -0.2) is 47.5 Å². The molecule has 0 saturated carbocycles. The topological polar surface area (TPSA) is 91.7 Å². The molecule has 0 aromatic carbocycles. The Morgan fingerprint density at radius 2 is 2.50 bits per heavy atom. The summed E-state index contributed by atoms with van der Waals surface area (Å²) in [6.07, 6.45) is 0. The third-order valence-electron chi connectivity index (χ3n) is 1.89. The number of thiazole rings is 1. The number of aromatic carboxylic acids is 1. The summed E-state index contributed by atoms with van der Waals surface area (Å²) in [6, 6.07) is -0.167. The van der Waals surface area contributed by atoms with E-state index in [4.69, 9.17) is 14.9 Å². The molecular formula is C9H14N2O4S. The molecule has 1 atom stereocenters. The summed E-state index contributed by atoms with van der Waals surface area (Å²) in [4.78, 5) is 14.5. The molecule has 1 heterocycles. The van der Waals surface area contributed by atoms with Gasteiger partial charge in [-0.2, -0.15) is 0 Å². The Morgan fingerprint density at radius 1 is 1.75 bits per heavy atom. The first kappa shape index (κ1) is 13.0. The predicted molar refractivity (Wildman–Crippen MR) is 58.7 cm³/mol. The Bertz CT molecular complexity index is 342. The van der Waals surface area contributed by atoms with Crippen LogP contribution in [0.2, 0.25) is 0 Å². The van der Waals surface area contributed by atoms with E-state index in [2.05, 4.69) is 10.3 Å². The lowest BCUT2D eigenvalue weighted by Crippen LogP contribution is -2.36. The number of aromatic nitrogens is 1. The van der Waals surface area contributed by atoms with Crippen molar-refractivity contribution >= 4 is 17.3 Å². The molecule has 1 unspecified atom stereocenters. The monoisotopic (exact) mass is 246 g/mol. The summed E-state index contributed by atoms with van der Waals surface area (Å²) in [5.41, 5.74) is 0.650. The summed E-state index contributed by atoms with van der Waals surface area (Å²) in [7, 11) is 1.55. The van der Waals surface area contributed by atoms with Gasteiger partial charge in [0.05, 0.1) is 24.9 Å². The Kier molecular flexibility index (Phi) is 5.33. The number of aliphatic hydroxyl groups excluding tert-OH is 1. The largest absolute Gasteiger partial charge is 0.476 e. The van der Waals surface area contributed by atoms with Crippen LogP contribution < -0.4 is 5.32 Å². The van der Waals surface area contributed by atoms with E-state index in [1.54, 1.807) is 12.5 Å². The Morgan fingerprint density at radius 3 is 3.00 bits per heavy atom. The van der Waals surface area contributed by atoms with Crippen molar-refractivity contribution in [3.8, 4) is 0 Å². The van der Waals surface area contributed by atoms with Crippen molar-refractivity contribution in [2.45, 2.75) is 12.6 Å². The van der Waals surface area contributed by atoms with E-state index in [0.717, 1.165) is 11.3 Å². The van der Waals surface area contributed by atoms with Gasteiger partial charge >= 0.3 is 5.97 Å². The molecule has 0 aliphatic carbocycles. The zero-order valence-corrected chi connectivity index (χ0v) is 9.66. The molecule has 7 heteroatoms. The van der Waals surface area contributed by atoms with E-state index in [-0.39, 0.29) is 17.7 Å². The lowest BCUT2D eigenvalue weighted by Gasteiger charge is -2.13. The highest BCUT2D eigenvalue weighted by Gasteiger charge is 2.10. The number of hydrogen-bond donors (Lipinski definition) is 3. The first-order valence-electron chi connectivity index (χ1n) is 4.68. The van der Waals surface area contributed by atoms with Crippen LogP contribution in [0.25, 0.3) is 0 Å². The normalized spacial score (nSPS) is 12.6. The molecule has 3 N–H and O–H groups in total. The van der Waals surface area contributed by atoms with E-state index >= 15 is 0 Å². The molecule has 16 heavy (non-hydrogen) atoms. The van der Waals surface area contributed by atoms with Gasteiger partial charge in [0.15, 0.2) is 0 Å². The third kappa shape index (κ3) is 3.86. The Hall–Kier alpha value is -1.02. The number of nitrogens with zero attached hydrogens (tertiary/aromatic N) is 1. The van der Waals surface area contributed by atoms with Crippen molar-refractivity contribution in [1.82, 2.24) is 10.3 Å². The van der Waals surface area contributed by atoms with Gasteiger partial charge in [0, 0.05) is 19.0 Å². The van der Waals surface area contributed by atoms with Gasteiger partial charge in [-0.1, -0.05) is 0 Å². The van der Waals surface area contributed by atoms with Crippen molar-refractivity contribution in [3.05, 3.63) is 16.1 Å². The Balaban J connectivity index is 2.44. The molecule has 0 bridgehead atoms. The van der Waals surface area contributed by atoms with Crippen LogP contribution in [-0.2, 0) is 11.3 Å². The fourth-order valence-corrected chi connectivity index (χ4v) is 1.77. The van der Waals surface area contributed by atoms with E-state index in [1.807, 2.05) is 0 Å². The van der Waals surface area contributed by atoms with Crippen LogP contribution >= 0.6 is 11.3 Å². The van der Waals surface area contributed by atoms with Crippen LogP contribution in [0.15, 0.2) is 5.38 Å². The van der Waals surface area contributed by atoms with Crippen molar-refractivity contribution < 1.29 is 19.7 Å². The molecule has 0 saturated heterocycles. The van der Waals surface area contributed by atoms with Crippen molar-refractivity contribution in [3.63, 3.8) is 0 Å². The van der Waals surface area contributed by atoms with Gasteiger partial charge in [0.1, 0.15) is 0 Å². The number of methoxy groups -OCH3 is 1. The minimum absolute atomic E-state index is 0.0379. The molecule has 90 valence electrons. The quantitative estimate of drug-likeness (QED) is 0.624. The highest BCUT2D eigenvalue weighted by molar-refractivity contribution is 7.11. The van der Waals surface area contributed by atoms with Crippen LogP contribution in [0.4, 0.5) is 0 Å². The SMILES string of the molecule is COCC(CO)NCc1csc(C(=O)O)n1. The van der Waals surface area contributed by atoms with Crippen LogP contribution in [0.1, 0.15) is 15.5 Å². The number of carboxylic acid groups (broad SMARTS) is 1. The second kappa shape index (κ2) is 6.54. The van der Waals surface area contributed by atoms with Gasteiger partial charge < -0.3 is 20.3 Å². The van der Waals surface area contributed by atoms with Gasteiger partial charge in [-0.3, -0.25) is 0 Å². The lowest BCUT2D eigenvalue weighted by atomic mass is 10.3. The van der Waals surface area contributed by atoms with Gasteiger partial charge in [-0.05, 0) is 0 Å². The maximum absolute atomic E-state index is 10.6. The van der Waals surface area contributed by atoms with Gasteiger partial charge in [0.25, 0.3) is 0 Å². The van der Waals surface area contributed by atoms with Gasteiger partial charge in [0.2, 0.25) is 5.01 Å². The zero-order chi connectivity index (χ0) is 12.0. The van der Waals surface area contributed by atoms with Gasteiger partial charge in [-0.25, -0.2) is 9.78 Å². The maximum Gasteiger partial charge on any atom is 0.365 e. The molecule has 0 radical (unpaired) electrons. The van der Waals surface area contributed by atoms with Crippen LogP contribution in [0, 0.1) is 0 Å². The molecule has 0 aliphatic rings. The van der Waals surface area contributed by atoms with E-state index < -0.39 is 5.97 Å². The fourth-order valence-electron chi connectivity index (χ4n) is 1.11. The second-order valence-corrected chi connectivity index (χ2v) is 4.02. The van der Waals surface area contributed by atoms with Crippen LogP contribution in [0.3, 0.4) is 0 Å². The smallest absolute Gasteiger partial charge is 0.365 e. The standard InChI is InChI=1S/C9H14N2O4S/c1-15-4-7(3-12)10-2-6-5-16-8(11-6)9(13)14/h5,7,10,12H,2-4H2,1H3,(H,13,14).